The third-order valence-corrected chi connectivity index (χ3v) is 3.98. The maximum absolute atomic E-state index is 12.0. The zero-order valence-electron chi connectivity index (χ0n) is 11.4. The van der Waals surface area contributed by atoms with Crippen LogP contribution in [-0.2, 0) is 9.59 Å². The molecule has 1 aliphatic heterocycles. The number of hydrogen-bond acceptors (Lipinski definition) is 2. The van der Waals surface area contributed by atoms with Crippen molar-refractivity contribution in [3.63, 3.8) is 0 Å². The fourth-order valence-corrected chi connectivity index (χ4v) is 3.06. The lowest BCUT2D eigenvalue weighted by Crippen LogP contribution is -2.40. The highest BCUT2D eigenvalue weighted by atomic mass is 16.2. The minimum atomic E-state index is -0.137. The Morgan fingerprint density at radius 3 is 2.56 bits per heavy atom. The van der Waals surface area contributed by atoms with Gasteiger partial charge in [-0.3, -0.25) is 9.59 Å². The van der Waals surface area contributed by atoms with E-state index in [4.69, 9.17) is 0 Å². The molecule has 2 fully saturated rings. The Morgan fingerprint density at radius 1 is 1.28 bits per heavy atom. The molecule has 4 heteroatoms. The van der Waals surface area contributed by atoms with E-state index in [9.17, 15) is 9.59 Å². The molecule has 1 saturated carbocycles. The van der Waals surface area contributed by atoms with Crippen molar-refractivity contribution < 1.29 is 9.59 Å². The van der Waals surface area contributed by atoms with Crippen LogP contribution in [0.25, 0.3) is 0 Å². The van der Waals surface area contributed by atoms with Crippen LogP contribution < -0.4 is 5.32 Å². The molecule has 0 spiro atoms. The molecule has 1 saturated heterocycles. The first-order valence-corrected chi connectivity index (χ1v) is 7.17. The number of amides is 2. The number of carbonyl (C=O) groups excluding carboxylic acids is 2. The van der Waals surface area contributed by atoms with Crippen LogP contribution in [0.15, 0.2) is 0 Å². The van der Waals surface area contributed by atoms with E-state index in [2.05, 4.69) is 5.32 Å². The van der Waals surface area contributed by atoms with Gasteiger partial charge in [0.25, 0.3) is 0 Å². The van der Waals surface area contributed by atoms with E-state index in [0.29, 0.717) is 19.0 Å². The van der Waals surface area contributed by atoms with Crippen LogP contribution in [0.3, 0.4) is 0 Å². The summed E-state index contributed by atoms with van der Waals surface area (Å²) in [6.07, 6.45) is 6.36. The van der Waals surface area contributed by atoms with E-state index in [0.717, 1.165) is 12.8 Å². The zero-order valence-corrected chi connectivity index (χ0v) is 11.4. The summed E-state index contributed by atoms with van der Waals surface area (Å²) in [4.78, 5) is 25.9. The fourth-order valence-electron chi connectivity index (χ4n) is 3.06. The average Bonchev–Trinajstić information content (AvgIpc) is 2.72. The van der Waals surface area contributed by atoms with Gasteiger partial charge in [0.15, 0.2) is 0 Å². The highest BCUT2D eigenvalue weighted by Gasteiger charge is 2.38. The normalized spacial score (nSPS) is 25.8. The van der Waals surface area contributed by atoms with Gasteiger partial charge in [-0.1, -0.05) is 19.3 Å². The Hall–Kier alpha value is -1.06. The summed E-state index contributed by atoms with van der Waals surface area (Å²) < 4.78 is 0. The van der Waals surface area contributed by atoms with Gasteiger partial charge in [0.1, 0.15) is 0 Å². The average molecular weight is 252 g/mol. The van der Waals surface area contributed by atoms with Crippen molar-refractivity contribution in [2.75, 3.05) is 6.54 Å². The molecule has 102 valence electrons. The van der Waals surface area contributed by atoms with Crippen LogP contribution in [0.2, 0.25) is 0 Å². The number of hydrogen-bond donors (Lipinski definition) is 1. The van der Waals surface area contributed by atoms with Crippen LogP contribution in [-0.4, -0.2) is 35.3 Å². The number of carbonyl (C=O) groups is 2. The molecule has 1 aliphatic carbocycles. The van der Waals surface area contributed by atoms with Crippen molar-refractivity contribution in [3.8, 4) is 0 Å². The van der Waals surface area contributed by atoms with Crippen LogP contribution in [0, 0.1) is 5.92 Å². The SMILES string of the molecule is CC(C)NC(=O)C1CC(=O)N(C2CCCCC2)C1. The maximum atomic E-state index is 12.0. The number of nitrogens with one attached hydrogen (secondary N) is 1. The van der Waals surface area contributed by atoms with Crippen molar-refractivity contribution in [2.45, 2.75) is 64.5 Å². The third kappa shape index (κ3) is 3.03. The molecule has 0 aromatic rings. The Kier molecular flexibility index (Phi) is 4.25. The summed E-state index contributed by atoms with van der Waals surface area (Å²) in [7, 11) is 0. The predicted molar refractivity (Wildman–Crippen MR) is 70.0 cm³/mol. The zero-order chi connectivity index (χ0) is 13.1. The lowest BCUT2D eigenvalue weighted by Gasteiger charge is -2.31. The summed E-state index contributed by atoms with van der Waals surface area (Å²) in [5, 5.41) is 2.91. The maximum Gasteiger partial charge on any atom is 0.225 e. The minimum Gasteiger partial charge on any atom is -0.354 e. The highest BCUT2D eigenvalue weighted by molar-refractivity contribution is 5.89. The van der Waals surface area contributed by atoms with Crippen LogP contribution in [0.5, 0.6) is 0 Å². The van der Waals surface area contributed by atoms with Crippen molar-refractivity contribution in [1.29, 1.82) is 0 Å². The first-order valence-electron chi connectivity index (χ1n) is 7.17. The molecule has 0 bridgehead atoms. The van der Waals surface area contributed by atoms with Crippen molar-refractivity contribution in [2.24, 2.45) is 5.92 Å². The molecule has 4 nitrogen and oxygen atoms in total. The van der Waals surface area contributed by atoms with Gasteiger partial charge < -0.3 is 10.2 Å². The first-order chi connectivity index (χ1) is 8.58. The quantitative estimate of drug-likeness (QED) is 0.831. The second kappa shape index (κ2) is 5.72. The Balaban J connectivity index is 1.91. The Morgan fingerprint density at radius 2 is 1.94 bits per heavy atom. The molecule has 0 aromatic heterocycles. The monoisotopic (exact) mass is 252 g/mol. The molecule has 1 atom stereocenters. The van der Waals surface area contributed by atoms with Crippen LogP contribution >= 0.6 is 0 Å². The van der Waals surface area contributed by atoms with Gasteiger partial charge in [0.05, 0.1) is 5.92 Å². The Bertz CT molecular complexity index is 322. The molecule has 18 heavy (non-hydrogen) atoms. The van der Waals surface area contributed by atoms with E-state index in [1.54, 1.807) is 0 Å². The molecule has 2 amide bonds. The summed E-state index contributed by atoms with van der Waals surface area (Å²) in [5.41, 5.74) is 0. The van der Waals surface area contributed by atoms with Gasteiger partial charge in [0.2, 0.25) is 11.8 Å². The smallest absolute Gasteiger partial charge is 0.225 e. The first kappa shape index (κ1) is 13.4. The van der Waals surface area contributed by atoms with Gasteiger partial charge >= 0.3 is 0 Å². The highest BCUT2D eigenvalue weighted by Crippen LogP contribution is 2.28. The summed E-state index contributed by atoms with van der Waals surface area (Å²) in [6.45, 7) is 4.53. The molecule has 0 aromatic carbocycles. The second-order valence-electron chi connectivity index (χ2n) is 5.90. The molecular formula is C14H24N2O2. The largest absolute Gasteiger partial charge is 0.354 e. The Labute approximate surface area is 109 Å². The van der Waals surface area contributed by atoms with Gasteiger partial charge in [0, 0.05) is 25.0 Å². The van der Waals surface area contributed by atoms with Gasteiger partial charge in [-0.15, -0.1) is 0 Å². The summed E-state index contributed by atoms with van der Waals surface area (Å²) in [6, 6.07) is 0.541. The molecular weight excluding hydrogens is 228 g/mol. The molecule has 0 radical (unpaired) electrons. The van der Waals surface area contributed by atoms with Gasteiger partial charge in [-0.25, -0.2) is 0 Å². The van der Waals surface area contributed by atoms with Crippen molar-refractivity contribution in [3.05, 3.63) is 0 Å². The standard InChI is InChI=1S/C14H24N2O2/c1-10(2)15-14(18)11-8-13(17)16(9-11)12-6-4-3-5-7-12/h10-12H,3-9H2,1-2H3,(H,15,18). The topological polar surface area (TPSA) is 49.4 Å². The lowest BCUT2D eigenvalue weighted by molar-refractivity contribution is -0.130. The fraction of sp³-hybridized carbons (Fsp3) is 0.857. The second-order valence-corrected chi connectivity index (χ2v) is 5.90. The molecule has 1 N–H and O–H groups in total. The predicted octanol–water partition coefficient (Wildman–Crippen LogP) is 1.69. The lowest BCUT2D eigenvalue weighted by atomic mass is 9.94. The third-order valence-electron chi connectivity index (χ3n) is 3.98. The van der Waals surface area contributed by atoms with E-state index in [1.165, 1.54) is 19.3 Å². The van der Waals surface area contributed by atoms with E-state index < -0.39 is 0 Å². The summed E-state index contributed by atoms with van der Waals surface area (Å²) in [5.74, 6) is 0.0734. The van der Waals surface area contributed by atoms with Gasteiger partial charge in [-0.05, 0) is 26.7 Å². The molecule has 1 unspecified atom stereocenters. The minimum absolute atomic E-state index is 0.0386. The number of rotatable bonds is 3. The van der Waals surface area contributed by atoms with Crippen LogP contribution in [0.1, 0.15) is 52.4 Å². The number of nitrogens with zero attached hydrogens (tertiary/aromatic N) is 1. The summed E-state index contributed by atoms with van der Waals surface area (Å²) >= 11 is 0. The molecule has 1 heterocycles. The van der Waals surface area contributed by atoms with E-state index in [1.807, 2.05) is 18.7 Å². The van der Waals surface area contributed by atoms with Crippen molar-refractivity contribution in [1.82, 2.24) is 10.2 Å². The van der Waals surface area contributed by atoms with Gasteiger partial charge in [-0.2, -0.15) is 0 Å². The molecule has 2 aliphatic rings. The van der Waals surface area contributed by atoms with Crippen LogP contribution in [0.4, 0.5) is 0 Å². The van der Waals surface area contributed by atoms with E-state index >= 15 is 0 Å². The number of likely N-dealkylation sites (tertiary alicyclic amines) is 1. The van der Waals surface area contributed by atoms with E-state index in [-0.39, 0.29) is 23.8 Å². The molecule has 2 rings (SSSR count). The van der Waals surface area contributed by atoms with Crippen molar-refractivity contribution >= 4 is 11.8 Å².